The molecule has 1 aliphatic carbocycles. The molecule has 0 fully saturated rings. The van der Waals surface area contributed by atoms with Gasteiger partial charge >= 0.3 is 0 Å². The van der Waals surface area contributed by atoms with Gasteiger partial charge in [-0.05, 0) is 69.9 Å². The number of fused-ring (bicyclic) bond motifs is 1. The summed E-state index contributed by atoms with van der Waals surface area (Å²) < 4.78 is 3.60. The predicted octanol–water partition coefficient (Wildman–Crippen LogP) is 4.72. The fraction of sp³-hybridized carbons (Fsp3) is 0.450. The van der Waals surface area contributed by atoms with Crippen molar-refractivity contribution in [2.24, 2.45) is 0 Å². The van der Waals surface area contributed by atoms with Crippen molar-refractivity contribution < 1.29 is 0 Å². The molecule has 0 bridgehead atoms. The molecule has 3 rings (SSSR count). The predicted molar refractivity (Wildman–Crippen MR) is 101 cm³/mol. The lowest BCUT2D eigenvalue weighted by atomic mass is 9.94. The third-order valence-electron chi connectivity index (χ3n) is 4.68. The second kappa shape index (κ2) is 7.41. The fourth-order valence-electron chi connectivity index (χ4n) is 3.54. The molecule has 0 aliphatic heterocycles. The van der Waals surface area contributed by atoms with Crippen molar-refractivity contribution in [3.05, 3.63) is 52.2 Å². The monoisotopic (exact) mass is 326 g/mol. The van der Waals surface area contributed by atoms with Crippen molar-refractivity contribution in [3.63, 3.8) is 0 Å². The normalized spacial score (nSPS) is 14.0. The molecule has 0 saturated heterocycles. The van der Waals surface area contributed by atoms with Crippen LogP contribution in [0, 0.1) is 4.51 Å². The van der Waals surface area contributed by atoms with Crippen LogP contribution in [-0.2, 0) is 19.4 Å². The van der Waals surface area contributed by atoms with E-state index in [4.69, 9.17) is 12.2 Å². The molecule has 1 heterocycles. The van der Waals surface area contributed by atoms with E-state index in [1.807, 2.05) is 0 Å². The first-order valence-electron chi connectivity index (χ1n) is 8.62. The van der Waals surface area contributed by atoms with E-state index in [0.29, 0.717) is 0 Å². The molecule has 1 aromatic carbocycles. The molecule has 2 aromatic rings. The van der Waals surface area contributed by atoms with Gasteiger partial charge in [0, 0.05) is 22.4 Å². The lowest BCUT2D eigenvalue weighted by molar-refractivity contribution is 0.384. The molecule has 0 radical (unpaired) electrons. The Bertz CT molecular complexity index is 716. The molecule has 0 saturated carbocycles. The number of benzene rings is 1. The summed E-state index contributed by atoms with van der Waals surface area (Å²) in [7, 11) is 4.29. The van der Waals surface area contributed by atoms with Crippen LogP contribution in [0.2, 0.25) is 0 Å². The summed E-state index contributed by atoms with van der Waals surface area (Å²) in [4.78, 5) is 2.26. The molecule has 3 heteroatoms. The third-order valence-corrected chi connectivity index (χ3v) is 5.04. The molecule has 0 amide bonds. The van der Waals surface area contributed by atoms with E-state index < -0.39 is 0 Å². The highest BCUT2D eigenvalue weighted by Gasteiger charge is 2.17. The number of hydrogen-bond acceptors (Lipinski definition) is 2. The van der Waals surface area contributed by atoms with Crippen molar-refractivity contribution in [1.82, 2.24) is 9.47 Å². The summed E-state index contributed by atoms with van der Waals surface area (Å²) in [5.41, 5.74) is 5.48. The average Bonchev–Trinajstić information content (AvgIpc) is 2.57. The molecule has 0 atom stereocenters. The summed E-state index contributed by atoms with van der Waals surface area (Å²) in [6, 6.07) is 12.9. The van der Waals surface area contributed by atoms with Gasteiger partial charge in [-0.1, -0.05) is 42.5 Å². The minimum absolute atomic E-state index is 1.06. The highest BCUT2D eigenvalue weighted by atomic mass is 32.1. The molecule has 0 N–H and O–H groups in total. The molecular weight excluding hydrogens is 300 g/mol. The molecule has 122 valence electrons. The zero-order valence-electron chi connectivity index (χ0n) is 14.2. The largest absolute Gasteiger partial charge is 0.344 e. The maximum atomic E-state index is 5.72. The summed E-state index contributed by atoms with van der Waals surface area (Å²) in [5, 5.41) is 0. The van der Waals surface area contributed by atoms with Crippen LogP contribution in [0.1, 0.15) is 30.5 Å². The van der Waals surface area contributed by atoms with Crippen LogP contribution in [-0.4, -0.2) is 30.1 Å². The Morgan fingerprint density at radius 3 is 2.57 bits per heavy atom. The third kappa shape index (κ3) is 3.73. The second-order valence-corrected chi connectivity index (χ2v) is 7.14. The van der Waals surface area contributed by atoms with Crippen molar-refractivity contribution in [2.75, 3.05) is 20.6 Å². The Morgan fingerprint density at radius 1 is 1.09 bits per heavy atom. The highest BCUT2D eigenvalue weighted by molar-refractivity contribution is 7.71. The Hall–Kier alpha value is -1.45. The number of rotatable bonds is 5. The molecule has 1 aliphatic rings. The Labute approximate surface area is 144 Å². The number of hydrogen-bond donors (Lipinski definition) is 0. The first kappa shape index (κ1) is 16.4. The summed E-state index contributed by atoms with van der Waals surface area (Å²) in [6.07, 6.45) is 6.05. The van der Waals surface area contributed by atoms with E-state index in [-0.39, 0.29) is 0 Å². The van der Waals surface area contributed by atoms with Crippen LogP contribution in [0.5, 0.6) is 0 Å². The van der Waals surface area contributed by atoms with E-state index in [0.717, 1.165) is 24.0 Å². The molecule has 0 unspecified atom stereocenters. The van der Waals surface area contributed by atoms with Gasteiger partial charge in [-0.2, -0.15) is 0 Å². The highest BCUT2D eigenvalue weighted by Crippen LogP contribution is 2.29. The first-order valence-corrected chi connectivity index (χ1v) is 9.03. The second-order valence-electron chi connectivity index (χ2n) is 6.70. The zero-order valence-corrected chi connectivity index (χ0v) is 15.0. The number of pyridine rings is 1. The maximum absolute atomic E-state index is 5.72. The van der Waals surface area contributed by atoms with Gasteiger partial charge in [-0.15, -0.1) is 0 Å². The van der Waals surface area contributed by atoms with Crippen LogP contribution in [0.25, 0.3) is 11.3 Å². The SMILES string of the molecule is CN(C)CCCn1c(-c2ccccc2)cc(=S)c2c1CCCC2. The number of aromatic nitrogens is 1. The summed E-state index contributed by atoms with van der Waals surface area (Å²) >= 11 is 5.72. The van der Waals surface area contributed by atoms with Gasteiger partial charge in [0.1, 0.15) is 0 Å². The first-order chi connectivity index (χ1) is 11.2. The van der Waals surface area contributed by atoms with Gasteiger partial charge in [-0.25, -0.2) is 0 Å². The fourth-order valence-corrected chi connectivity index (χ4v) is 3.87. The van der Waals surface area contributed by atoms with Crippen molar-refractivity contribution in [2.45, 2.75) is 38.6 Å². The maximum Gasteiger partial charge on any atom is 0.0496 e. The van der Waals surface area contributed by atoms with Crippen LogP contribution in [0.15, 0.2) is 36.4 Å². The minimum Gasteiger partial charge on any atom is -0.344 e. The molecular formula is C20H26N2S. The molecule has 0 spiro atoms. The Kier molecular flexibility index (Phi) is 5.29. The van der Waals surface area contributed by atoms with E-state index in [1.165, 1.54) is 48.2 Å². The quantitative estimate of drug-likeness (QED) is 0.735. The van der Waals surface area contributed by atoms with Crippen LogP contribution in [0.4, 0.5) is 0 Å². The van der Waals surface area contributed by atoms with Gasteiger partial charge in [0.05, 0.1) is 0 Å². The van der Waals surface area contributed by atoms with Crippen LogP contribution >= 0.6 is 12.2 Å². The van der Waals surface area contributed by atoms with Gasteiger partial charge in [-0.3, -0.25) is 0 Å². The summed E-state index contributed by atoms with van der Waals surface area (Å²) in [6.45, 7) is 2.19. The van der Waals surface area contributed by atoms with Crippen LogP contribution in [0.3, 0.4) is 0 Å². The van der Waals surface area contributed by atoms with E-state index in [2.05, 4.69) is 60.0 Å². The van der Waals surface area contributed by atoms with Gasteiger partial charge in [0.25, 0.3) is 0 Å². The van der Waals surface area contributed by atoms with E-state index >= 15 is 0 Å². The van der Waals surface area contributed by atoms with Crippen molar-refractivity contribution >= 4 is 12.2 Å². The topological polar surface area (TPSA) is 8.17 Å². The van der Waals surface area contributed by atoms with E-state index in [1.54, 1.807) is 0 Å². The lowest BCUT2D eigenvalue weighted by Crippen LogP contribution is -2.20. The lowest BCUT2D eigenvalue weighted by Gasteiger charge is -2.26. The van der Waals surface area contributed by atoms with Gasteiger partial charge in [0.15, 0.2) is 0 Å². The molecule has 23 heavy (non-hydrogen) atoms. The average molecular weight is 327 g/mol. The Morgan fingerprint density at radius 2 is 1.83 bits per heavy atom. The van der Waals surface area contributed by atoms with E-state index in [9.17, 15) is 0 Å². The standard InChI is InChI=1S/C20H26N2S/c1-21(2)13-8-14-22-18-12-7-6-11-17(18)20(23)15-19(22)16-9-4-3-5-10-16/h3-5,9-10,15H,6-8,11-14H2,1-2H3. The summed E-state index contributed by atoms with van der Waals surface area (Å²) in [5.74, 6) is 0. The number of nitrogens with zero attached hydrogens (tertiary/aromatic N) is 2. The van der Waals surface area contributed by atoms with Crippen LogP contribution < -0.4 is 0 Å². The molecule has 2 nitrogen and oxygen atoms in total. The smallest absolute Gasteiger partial charge is 0.0496 e. The van der Waals surface area contributed by atoms with Crippen molar-refractivity contribution in [1.29, 1.82) is 0 Å². The van der Waals surface area contributed by atoms with Gasteiger partial charge < -0.3 is 9.47 Å². The Balaban J connectivity index is 2.06. The van der Waals surface area contributed by atoms with Crippen molar-refractivity contribution in [3.8, 4) is 11.3 Å². The minimum atomic E-state index is 1.06. The molecule has 1 aromatic heterocycles. The zero-order chi connectivity index (χ0) is 16.2. The van der Waals surface area contributed by atoms with Gasteiger partial charge in [0.2, 0.25) is 0 Å².